The molecule has 0 fully saturated rings. The van der Waals surface area contributed by atoms with Crippen molar-refractivity contribution in [2.24, 2.45) is 16.5 Å². The third-order valence-electron chi connectivity index (χ3n) is 2.55. The minimum absolute atomic E-state index is 0.141. The number of likely N-dealkylation sites (N-methyl/N-ethyl adjacent to an activating group) is 1. The van der Waals surface area contributed by atoms with Crippen molar-refractivity contribution in [1.29, 1.82) is 0 Å². The van der Waals surface area contributed by atoms with Crippen LogP contribution >= 0.6 is 11.3 Å². The normalized spacial score (nSPS) is 20.4. The fraction of sp³-hybridized carbons (Fsp3) is 0.500. The van der Waals surface area contributed by atoms with E-state index in [9.17, 15) is 13.0 Å². The number of fused-ring (bicyclic) bond motifs is 1. The van der Waals surface area contributed by atoms with Gasteiger partial charge in [0.25, 0.3) is 10.1 Å². The van der Waals surface area contributed by atoms with E-state index in [0.29, 0.717) is 28.7 Å². The monoisotopic (exact) mass is 291 g/mol. The molecule has 2 heterocycles. The van der Waals surface area contributed by atoms with E-state index in [4.69, 9.17) is 11.5 Å². The molecule has 1 aromatic rings. The maximum Gasteiger partial charge on any atom is 0.286 e. The van der Waals surface area contributed by atoms with Gasteiger partial charge in [-0.15, -0.1) is 0 Å². The highest BCUT2D eigenvalue weighted by molar-refractivity contribution is 7.86. The minimum Gasteiger partial charge on any atom is -0.370 e. The number of hydrogen-bond donors (Lipinski definition) is 3. The molecule has 1 aromatic heterocycles. The van der Waals surface area contributed by atoms with Crippen LogP contribution in [-0.4, -0.2) is 42.4 Å². The summed E-state index contributed by atoms with van der Waals surface area (Å²) in [5.41, 5.74) is 11.1. The summed E-state index contributed by atoms with van der Waals surface area (Å²) in [5, 5.41) is -0.800. The highest BCUT2D eigenvalue weighted by atomic mass is 32.2. The number of rotatable bonds is 2. The lowest BCUT2D eigenvalue weighted by atomic mass is 10.2. The van der Waals surface area contributed by atoms with E-state index in [0.717, 1.165) is 11.3 Å². The van der Waals surface area contributed by atoms with Crippen molar-refractivity contribution in [2.45, 2.75) is 11.8 Å². The van der Waals surface area contributed by atoms with E-state index >= 15 is 0 Å². The zero-order valence-electron chi connectivity index (χ0n) is 9.57. The lowest BCUT2D eigenvalue weighted by Crippen LogP contribution is -2.35. The smallest absolute Gasteiger partial charge is 0.286 e. The van der Waals surface area contributed by atoms with E-state index in [1.807, 2.05) is 0 Å². The van der Waals surface area contributed by atoms with Gasteiger partial charge < -0.3 is 11.5 Å². The Hall–Kier alpha value is -1.23. The Balaban J connectivity index is 2.51. The van der Waals surface area contributed by atoms with Crippen molar-refractivity contribution in [3.8, 4) is 0 Å². The number of thiazole rings is 1. The molecule has 0 saturated carbocycles. The van der Waals surface area contributed by atoms with Crippen molar-refractivity contribution in [3.63, 3.8) is 0 Å². The van der Waals surface area contributed by atoms with Gasteiger partial charge in [0.15, 0.2) is 11.3 Å². The quantitative estimate of drug-likeness (QED) is 0.377. The summed E-state index contributed by atoms with van der Waals surface area (Å²) >= 11 is 1.06. The highest BCUT2D eigenvalue weighted by Gasteiger charge is 2.37. The average Bonchev–Trinajstić information content (AvgIpc) is 2.55. The van der Waals surface area contributed by atoms with Crippen molar-refractivity contribution in [2.75, 3.05) is 13.6 Å². The minimum atomic E-state index is -4.22. The van der Waals surface area contributed by atoms with E-state index in [1.165, 1.54) is 0 Å². The predicted octanol–water partition coefficient (Wildman–Crippen LogP) is -0.578. The molecule has 0 bridgehead atoms. The standard InChI is InChI=1S/C8H13N5O3S2/c1-13-3-2-4-5(6(13)18(14,15)16)17-8(11-4)12-7(9)10/h6H,2-3H2,1H3,(H,14,15,16)(H4,9,10,11,12). The molecule has 1 unspecified atom stereocenters. The molecular formula is C8H13N5O3S2. The second-order valence-corrected chi connectivity index (χ2v) is 6.43. The molecule has 10 heteroatoms. The van der Waals surface area contributed by atoms with Gasteiger partial charge in [0.1, 0.15) is 0 Å². The molecule has 0 spiro atoms. The second-order valence-electron chi connectivity index (χ2n) is 3.94. The second kappa shape index (κ2) is 4.46. The van der Waals surface area contributed by atoms with Gasteiger partial charge in [0, 0.05) is 13.0 Å². The predicted molar refractivity (Wildman–Crippen MR) is 68.2 cm³/mol. The summed E-state index contributed by atoms with van der Waals surface area (Å²) in [6, 6.07) is 0. The number of guanidine groups is 1. The molecule has 0 aliphatic carbocycles. The van der Waals surface area contributed by atoms with E-state index in [2.05, 4.69) is 9.98 Å². The van der Waals surface area contributed by atoms with E-state index in [-0.39, 0.29) is 5.96 Å². The first-order chi connectivity index (χ1) is 8.29. The topological polar surface area (TPSA) is 135 Å². The summed E-state index contributed by atoms with van der Waals surface area (Å²) in [6.45, 7) is 0.489. The maximum absolute atomic E-state index is 11.4. The Morgan fingerprint density at radius 2 is 2.28 bits per heavy atom. The van der Waals surface area contributed by atoms with Crippen LogP contribution in [0.3, 0.4) is 0 Å². The summed E-state index contributed by atoms with van der Waals surface area (Å²) in [6.07, 6.45) is 0.592. The third kappa shape index (κ3) is 2.46. The highest BCUT2D eigenvalue weighted by Crippen LogP contribution is 2.38. The first kappa shape index (κ1) is 13.2. The molecule has 18 heavy (non-hydrogen) atoms. The van der Waals surface area contributed by atoms with Gasteiger partial charge in [0.05, 0.1) is 10.6 Å². The van der Waals surface area contributed by atoms with Gasteiger partial charge in [0.2, 0.25) is 5.13 Å². The Morgan fingerprint density at radius 1 is 1.61 bits per heavy atom. The van der Waals surface area contributed by atoms with Crippen LogP contribution in [0.2, 0.25) is 0 Å². The van der Waals surface area contributed by atoms with Crippen LogP contribution in [0.4, 0.5) is 5.13 Å². The van der Waals surface area contributed by atoms with Gasteiger partial charge in [-0.3, -0.25) is 9.45 Å². The van der Waals surface area contributed by atoms with Gasteiger partial charge in [-0.25, -0.2) is 4.98 Å². The Bertz CT molecular complexity index is 590. The molecule has 1 aliphatic rings. The van der Waals surface area contributed by atoms with Crippen LogP contribution in [-0.2, 0) is 16.5 Å². The van der Waals surface area contributed by atoms with E-state index < -0.39 is 15.5 Å². The van der Waals surface area contributed by atoms with Crippen LogP contribution in [0.15, 0.2) is 4.99 Å². The molecule has 100 valence electrons. The van der Waals surface area contributed by atoms with Gasteiger partial charge >= 0.3 is 0 Å². The largest absolute Gasteiger partial charge is 0.370 e. The van der Waals surface area contributed by atoms with Crippen LogP contribution in [0.25, 0.3) is 0 Å². The number of nitrogens with zero attached hydrogens (tertiary/aromatic N) is 3. The van der Waals surface area contributed by atoms with Crippen LogP contribution < -0.4 is 11.5 Å². The van der Waals surface area contributed by atoms with Gasteiger partial charge in [-0.2, -0.15) is 13.4 Å². The maximum atomic E-state index is 11.4. The molecule has 0 saturated heterocycles. The van der Waals surface area contributed by atoms with Crippen LogP contribution in [0, 0.1) is 0 Å². The number of aliphatic imine (C=N–C) groups is 1. The number of nitrogens with two attached hydrogens (primary N) is 2. The molecule has 1 aliphatic heterocycles. The first-order valence-electron chi connectivity index (χ1n) is 5.05. The molecule has 0 amide bonds. The summed E-state index contributed by atoms with van der Waals surface area (Å²) in [4.78, 5) is 9.96. The van der Waals surface area contributed by atoms with Crippen molar-refractivity contribution >= 4 is 32.5 Å². The Kier molecular flexibility index (Phi) is 3.27. The molecule has 8 nitrogen and oxygen atoms in total. The fourth-order valence-corrected chi connectivity index (χ4v) is 4.37. The van der Waals surface area contributed by atoms with Crippen molar-refractivity contribution in [1.82, 2.24) is 9.88 Å². The first-order valence-corrected chi connectivity index (χ1v) is 7.37. The van der Waals surface area contributed by atoms with E-state index in [1.54, 1.807) is 11.9 Å². The lowest BCUT2D eigenvalue weighted by Gasteiger charge is -2.28. The van der Waals surface area contributed by atoms with Gasteiger partial charge in [-0.05, 0) is 7.05 Å². The molecule has 5 N–H and O–H groups in total. The SMILES string of the molecule is CN1CCc2nc(N=C(N)N)sc2C1S(=O)(=O)O. The Morgan fingerprint density at radius 3 is 2.83 bits per heavy atom. The molecule has 2 rings (SSSR count). The molecule has 0 aromatic carbocycles. The Labute approximate surface area is 108 Å². The van der Waals surface area contributed by atoms with Crippen molar-refractivity contribution < 1.29 is 13.0 Å². The van der Waals surface area contributed by atoms with Crippen molar-refractivity contribution in [3.05, 3.63) is 10.6 Å². The zero-order valence-corrected chi connectivity index (χ0v) is 11.2. The zero-order chi connectivity index (χ0) is 13.5. The average molecular weight is 291 g/mol. The van der Waals surface area contributed by atoms with Gasteiger partial charge in [-0.1, -0.05) is 11.3 Å². The summed E-state index contributed by atoms with van der Waals surface area (Å²) < 4.78 is 32.1. The summed E-state index contributed by atoms with van der Waals surface area (Å²) in [5.74, 6) is -0.141. The lowest BCUT2D eigenvalue weighted by molar-refractivity contribution is 0.278. The van der Waals surface area contributed by atoms with Crippen LogP contribution in [0.5, 0.6) is 0 Å². The summed E-state index contributed by atoms with van der Waals surface area (Å²) in [7, 11) is -2.59. The number of aromatic nitrogens is 1. The van der Waals surface area contributed by atoms with Crippen LogP contribution in [0.1, 0.15) is 15.9 Å². The third-order valence-corrected chi connectivity index (χ3v) is 4.90. The number of hydrogen-bond acceptors (Lipinski definition) is 6. The molecule has 1 atom stereocenters. The molecule has 0 radical (unpaired) electrons. The fourth-order valence-electron chi connectivity index (χ4n) is 1.84. The molecular weight excluding hydrogens is 278 g/mol.